The second-order valence-corrected chi connectivity index (χ2v) is 6.00. The predicted molar refractivity (Wildman–Crippen MR) is 84.8 cm³/mol. The Labute approximate surface area is 136 Å². The lowest BCUT2D eigenvalue weighted by Crippen LogP contribution is -2.36. The molecule has 0 fully saturated rings. The third-order valence-electron chi connectivity index (χ3n) is 3.75. The molecule has 0 radical (unpaired) electrons. The molecule has 0 atom stereocenters. The summed E-state index contributed by atoms with van der Waals surface area (Å²) in [5.74, 6) is -0.265. The highest BCUT2D eigenvalue weighted by Crippen LogP contribution is 2.29. The smallest absolute Gasteiger partial charge is 0.410 e. The van der Waals surface area contributed by atoms with Gasteiger partial charge < -0.3 is 9.64 Å². The van der Waals surface area contributed by atoms with Gasteiger partial charge in [-0.3, -0.25) is 0 Å². The zero-order chi connectivity index (χ0) is 15.5. The molecule has 5 heteroatoms. The van der Waals surface area contributed by atoms with Gasteiger partial charge in [0.1, 0.15) is 12.4 Å². The van der Waals surface area contributed by atoms with Crippen molar-refractivity contribution in [2.24, 2.45) is 0 Å². The van der Waals surface area contributed by atoms with Crippen LogP contribution in [-0.4, -0.2) is 17.5 Å². The van der Waals surface area contributed by atoms with Crippen LogP contribution in [0.2, 0.25) is 0 Å². The first kappa shape index (κ1) is 15.0. The number of halogens is 2. The number of carbonyl (C=O) groups excluding carboxylic acids is 1. The van der Waals surface area contributed by atoms with Crippen molar-refractivity contribution >= 4 is 22.0 Å². The highest BCUT2D eigenvalue weighted by molar-refractivity contribution is 9.10. The highest BCUT2D eigenvalue weighted by atomic mass is 79.9. The normalized spacial score (nSPS) is 13.6. The topological polar surface area (TPSA) is 29.5 Å². The van der Waals surface area contributed by atoms with E-state index >= 15 is 0 Å². The first-order valence-electron chi connectivity index (χ1n) is 7.06. The van der Waals surface area contributed by atoms with Gasteiger partial charge in [0, 0.05) is 13.1 Å². The molecule has 0 bridgehead atoms. The van der Waals surface area contributed by atoms with Gasteiger partial charge >= 0.3 is 6.09 Å². The molecule has 22 heavy (non-hydrogen) atoms. The molecule has 0 saturated heterocycles. The SMILES string of the molecule is O=C(OCc1ccccc1)N1CCc2c(ccc(F)c2Br)C1. The molecule has 3 rings (SSSR count). The quantitative estimate of drug-likeness (QED) is 0.796. The van der Waals surface area contributed by atoms with Crippen LogP contribution in [-0.2, 0) is 24.3 Å². The third kappa shape index (κ3) is 3.14. The van der Waals surface area contributed by atoms with Crippen LogP contribution in [0.1, 0.15) is 16.7 Å². The Bertz CT molecular complexity index is 691. The minimum Gasteiger partial charge on any atom is -0.445 e. The maximum atomic E-state index is 13.5. The number of fused-ring (bicyclic) bond motifs is 1. The molecule has 2 aromatic carbocycles. The van der Waals surface area contributed by atoms with Crippen LogP contribution in [0.25, 0.3) is 0 Å². The van der Waals surface area contributed by atoms with Crippen LogP contribution in [0.4, 0.5) is 9.18 Å². The minimum atomic E-state index is -0.338. The average Bonchev–Trinajstić information content (AvgIpc) is 2.56. The number of carbonyl (C=O) groups is 1. The maximum Gasteiger partial charge on any atom is 0.410 e. The van der Waals surface area contributed by atoms with Crippen LogP contribution in [0.15, 0.2) is 46.9 Å². The van der Waals surface area contributed by atoms with Gasteiger partial charge in [0.15, 0.2) is 0 Å². The Morgan fingerprint density at radius 3 is 2.77 bits per heavy atom. The molecule has 1 aliphatic heterocycles. The van der Waals surface area contributed by atoms with E-state index in [1.807, 2.05) is 30.3 Å². The Morgan fingerprint density at radius 1 is 1.23 bits per heavy atom. The van der Waals surface area contributed by atoms with Crippen molar-refractivity contribution in [3.63, 3.8) is 0 Å². The Hall–Kier alpha value is -1.88. The molecule has 114 valence electrons. The van der Waals surface area contributed by atoms with E-state index in [2.05, 4.69) is 15.9 Å². The standard InChI is InChI=1S/C17H15BrFNO2/c18-16-14-8-9-20(10-13(14)6-7-15(16)19)17(21)22-11-12-4-2-1-3-5-12/h1-7H,8-11H2. The average molecular weight is 364 g/mol. The lowest BCUT2D eigenvalue weighted by molar-refractivity contribution is 0.0918. The summed E-state index contributed by atoms with van der Waals surface area (Å²) in [4.78, 5) is 13.8. The summed E-state index contributed by atoms with van der Waals surface area (Å²) < 4.78 is 19.4. The van der Waals surface area contributed by atoms with Crippen molar-refractivity contribution in [1.82, 2.24) is 4.90 Å². The van der Waals surface area contributed by atoms with Gasteiger partial charge in [-0.1, -0.05) is 36.4 Å². The van der Waals surface area contributed by atoms with Gasteiger partial charge in [-0.2, -0.15) is 0 Å². The van der Waals surface area contributed by atoms with Crippen LogP contribution < -0.4 is 0 Å². The number of ether oxygens (including phenoxy) is 1. The zero-order valence-electron chi connectivity index (χ0n) is 11.9. The second-order valence-electron chi connectivity index (χ2n) is 5.21. The van der Waals surface area contributed by atoms with E-state index in [9.17, 15) is 9.18 Å². The van der Waals surface area contributed by atoms with E-state index in [1.54, 1.807) is 11.0 Å². The van der Waals surface area contributed by atoms with E-state index in [4.69, 9.17) is 4.74 Å². The van der Waals surface area contributed by atoms with Crippen molar-refractivity contribution in [2.45, 2.75) is 19.6 Å². The molecule has 1 amide bonds. The van der Waals surface area contributed by atoms with Gasteiger partial charge in [-0.15, -0.1) is 0 Å². The maximum absolute atomic E-state index is 13.5. The summed E-state index contributed by atoms with van der Waals surface area (Å²) in [6.45, 7) is 1.24. The predicted octanol–water partition coefficient (Wildman–Crippen LogP) is 4.28. The van der Waals surface area contributed by atoms with Crippen LogP contribution in [0.3, 0.4) is 0 Å². The van der Waals surface area contributed by atoms with Crippen molar-refractivity contribution < 1.29 is 13.9 Å². The molecular weight excluding hydrogens is 349 g/mol. The summed E-state index contributed by atoms with van der Waals surface area (Å²) in [7, 11) is 0. The van der Waals surface area contributed by atoms with Gasteiger partial charge in [0.25, 0.3) is 0 Å². The summed E-state index contributed by atoms with van der Waals surface area (Å²) in [5, 5.41) is 0. The molecule has 2 aromatic rings. The number of rotatable bonds is 2. The minimum absolute atomic E-state index is 0.260. The lowest BCUT2D eigenvalue weighted by Gasteiger charge is -2.28. The molecular formula is C17H15BrFNO2. The Morgan fingerprint density at radius 2 is 2.00 bits per heavy atom. The fraction of sp³-hybridized carbons (Fsp3) is 0.235. The number of hydrogen-bond donors (Lipinski definition) is 0. The Balaban J connectivity index is 1.64. The molecule has 0 N–H and O–H groups in total. The lowest BCUT2D eigenvalue weighted by atomic mass is 10.00. The monoisotopic (exact) mass is 363 g/mol. The van der Waals surface area contributed by atoms with E-state index in [0.717, 1.165) is 16.7 Å². The van der Waals surface area contributed by atoms with Crippen molar-refractivity contribution in [2.75, 3.05) is 6.54 Å². The summed E-state index contributed by atoms with van der Waals surface area (Å²) in [5.41, 5.74) is 2.85. The van der Waals surface area contributed by atoms with Crippen molar-refractivity contribution in [3.05, 3.63) is 69.4 Å². The summed E-state index contributed by atoms with van der Waals surface area (Å²) in [6.07, 6.45) is 0.281. The fourth-order valence-electron chi connectivity index (χ4n) is 2.55. The van der Waals surface area contributed by atoms with Crippen molar-refractivity contribution in [1.29, 1.82) is 0 Å². The van der Waals surface area contributed by atoms with Gasteiger partial charge in [0.2, 0.25) is 0 Å². The fourth-order valence-corrected chi connectivity index (χ4v) is 3.13. The molecule has 0 saturated carbocycles. The van der Waals surface area contributed by atoms with Gasteiger partial charge in [-0.25, -0.2) is 9.18 Å². The number of nitrogens with zero attached hydrogens (tertiary/aromatic N) is 1. The van der Waals surface area contributed by atoms with E-state index in [-0.39, 0.29) is 18.5 Å². The third-order valence-corrected chi connectivity index (χ3v) is 4.61. The van der Waals surface area contributed by atoms with E-state index in [1.165, 1.54) is 6.07 Å². The van der Waals surface area contributed by atoms with Crippen LogP contribution in [0, 0.1) is 5.82 Å². The van der Waals surface area contributed by atoms with Gasteiger partial charge in [0.05, 0.1) is 4.47 Å². The van der Waals surface area contributed by atoms with E-state index in [0.29, 0.717) is 24.0 Å². The van der Waals surface area contributed by atoms with Gasteiger partial charge in [-0.05, 0) is 45.1 Å². The zero-order valence-corrected chi connectivity index (χ0v) is 13.5. The second kappa shape index (κ2) is 6.48. The number of amides is 1. The summed E-state index contributed by atoms with van der Waals surface area (Å²) >= 11 is 3.27. The first-order chi connectivity index (χ1) is 10.6. The largest absolute Gasteiger partial charge is 0.445 e. The molecule has 0 spiro atoms. The van der Waals surface area contributed by atoms with E-state index < -0.39 is 0 Å². The summed E-state index contributed by atoms with van der Waals surface area (Å²) in [6, 6.07) is 12.7. The van der Waals surface area contributed by atoms with Crippen LogP contribution in [0.5, 0.6) is 0 Å². The van der Waals surface area contributed by atoms with Crippen LogP contribution >= 0.6 is 15.9 Å². The molecule has 0 aliphatic carbocycles. The molecule has 1 heterocycles. The first-order valence-corrected chi connectivity index (χ1v) is 7.86. The number of benzene rings is 2. The number of hydrogen-bond acceptors (Lipinski definition) is 2. The molecule has 0 unspecified atom stereocenters. The molecule has 3 nitrogen and oxygen atoms in total. The molecule has 0 aromatic heterocycles. The Kier molecular flexibility index (Phi) is 4.43. The van der Waals surface area contributed by atoms with Crippen molar-refractivity contribution in [3.8, 4) is 0 Å². The highest BCUT2D eigenvalue weighted by Gasteiger charge is 2.24. The molecule has 1 aliphatic rings.